The van der Waals surface area contributed by atoms with E-state index in [4.69, 9.17) is 16.3 Å². The number of methoxy groups -OCH3 is 1. The zero-order valence-electron chi connectivity index (χ0n) is 11.8. The summed E-state index contributed by atoms with van der Waals surface area (Å²) < 4.78 is 5.21. The third-order valence-corrected chi connectivity index (χ3v) is 4.20. The van der Waals surface area contributed by atoms with Crippen LogP contribution in [0.4, 0.5) is 0 Å². The van der Waals surface area contributed by atoms with Gasteiger partial charge in [-0.25, -0.2) is 0 Å². The maximum Gasteiger partial charge on any atom is 0.258 e. The molecule has 20 heavy (non-hydrogen) atoms. The second-order valence-corrected chi connectivity index (χ2v) is 5.67. The van der Waals surface area contributed by atoms with E-state index in [1.807, 2.05) is 0 Å². The fourth-order valence-corrected chi connectivity index (χ4v) is 2.98. The van der Waals surface area contributed by atoms with E-state index in [-0.39, 0.29) is 17.9 Å². The summed E-state index contributed by atoms with van der Waals surface area (Å²) in [7, 11) is 3.25. The Labute approximate surface area is 124 Å². The van der Waals surface area contributed by atoms with Gasteiger partial charge in [0.25, 0.3) is 5.91 Å². The quantitative estimate of drug-likeness (QED) is 0.929. The first-order valence-electron chi connectivity index (χ1n) is 6.80. The number of ether oxygens (including phenoxy) is 1. The normalized spacial score (nSPS) is 21.8. The molecule has 0 radical (unpaired) electrons. The van der Waals surface area contributed by atoms with Crippen LogP contribution in [-0.2, 0) is 0 Å². The summed E-state index contributed by atoms with van der Waals surface area (Å²) >= 11 is 6.12. The zero-order chi connectivity index (χ0) is 14.7. The van der Waals surface area contributed by atoms with Crippen molar-refractivity contribution in [3.63, 3.8) is 0 Å². The lowest BCUT2D eigenvalue weighted by molar-refractivity contribution is 0.0691. The minimum absolute atomic E-state index is 0.150. The van der Waals surface area contributed by atoms with Crippen molar-refractivity contribution in [2.45, 2.75) is 25.4 Å². The van der Waals surface area contributed by atoms with Crippen molar-refractivity contribution in [2.75, 3.05) is 20.7 Å². The van der Waals surface area contributed by atoms with Crippen molar-refractivity contribution < 1.29 is 14.6 Å². The molecule has 4 nitrogen and oxygen atoms in total. The van der Waals surface area contributed by atoms with E-state index >= 15 is 0 Å². The topological polar surface area (TPSA) is 49.8 Å². The third-order valence-electron chi connectivity index (χ3n) is 3.88. The smallest absolute Gasteiger partial charge is 0.258 e. The molecule has 2 unspecified atom stereocenters. The first kappa shape index (κ1) is 15.1. The molecule has 0 bridgehead atoms. The molecule has 0 saturated heterocycles. The van der Waals surface area contributed by atoms with Crippen molar-refractivity contribution in [1.82, 2.24) is 4.90 Å². The molecule has 1 fully saturated rings. The molecule has 2 rings (SSSR count). The van der Waals surface area contributed by atoms with E-state index in [1.54, 1.807) is 30.1 Å². The Morgan fingerprint density at radius 3 is 2.85 bits per heavy atom. The molecule has 1 saturated carbocycles. The number of benzene rings is 1. The molecule has 1 aliphatic carbocycles. The molecule has 0 heterocycles. The molecule has 0 aromatic heterocycles. The lowest BCUT2D eigenvalue weighted by Crippen LogP contribution is -2.34. The molecule has 1 aromatic rings. The minimum Gasteiger partial charge on any atom is -0.496 e. The van der Waals surface area contributed by atoms with Crippen LogP contribution >= 0.6 is 11.6 Å². The number of hydrogen-bond donors (Lipinski definition) is 1. The van der Waals surface area contributed by atoms with Gasteiger partial charge < -0.3 is 14.7 Å². The molecule has 1 N–H and O–H groups in total. The maximum absolute atomic E-state index is 12.5. The summed E-state index contributed by atoms with van der Waals surface area (Å²) in [5.74, 6) is 0.449. The summed E-state index contributed by atoms with van der Waals surface area (Å²) in [5.41, 5.74) is 0.381. The number of rotatable bonds is 4. The van der Waals surface area contributed by atoms with Crippen molar-refractivity contribution in [3.05, 3.63) is 28.8 Å². The number of amides is 1. The number of hydrogen-bond acceptors (Lipinski definition) is 3. The molecule has 2 atom stereocenters. The van der Waals surface area contributed by atoms with Gasteiger partial charge in [-0.15, -0.1) is 0 Å². The van der Waals surface area contributed by atoms with Crippen molar-refractivity contribution >= 4 is 17.5 Å². The largest absolute Gasteiger partial charge is 0.496 e. The van der Waals surface area contributed by atoms with Gasteiger partial charge in [0.2, 0.25) is 0 Å². The van der Waals surface area contributed by atoms with Crippen LogP contribution in [0.2, 0.25) is 5.02 Å². The lowest BCUT2D eigenvalue weighted by Gasteiger charge is -2.24. The van der Waals surface area contributed by atoms with Gasteiger partial charge in [0.15, 0.2) is 0 Å². The summed E-state index contributed by atoms with van der Waals surface area (Å²) in [6.07, 6.45) is 2.49. The standard InChI is InChI=1S/C15H20ClNO3/c1-17(9-10-5-3-7-12(10)18)15(19)14-11(16)6-4-8-13(14)20-2/h4,6,8,10,12,18H,3,5,7,9H2,1-2H3. The van der Waals surface area contributed by atoms with E-state index in [9.17, 15) is 9.90 Å². The van der Waals surface area contributed by atoms with Gasteiger partial charge >= 0.3 is 0 Å². The molecule has 110 valence electrons. The van der Waals surface area contributed by atoms with Crippen molar-refractivity contribution in [2.24, 2.45) is 5.92 Å². The van der Waals surface area contributed by atoms with Gasteiger partial charge in [0, 0.05) is 19.5 Å². The Bertz CT molecular complexity index is 492. The van der Waals surface area contributed by atoms with Gasteiger partial charge in [-0.1, -0.05) is 24.1 Å². The van der Waals surface area contributed by atoms with Gasteiger partial charge in [-0.05, 0) is 25.0 Å². The summed E-state index contributed by atoms with van der Waals surface area (Å²) in [5, 5.41) is 10.2. The summed E-state index contributed by atoms with van der Waals surface area (Å²) in [6, 6.07) is 5.14. The van der Waals surface area contributed by atoms with Crippen LogP contribution in [0.25, 0.3) is 0 Å². The number of carbonyl (C=O) groups is 1. The van der Waals surface area contributed by atoms with Crippen LogP contribution in [0, 0.1) is 5.92 Å². The highest BCUT2D eigenvalue weighted by Gasteiger charge is 2.29. The Morgan fingerprint density at radius 1 is 1.50 bits per heavy atom. The molecular weight excluding hydrogens is 278 g/mol. The third kappa shape index (κ3) is 3.07. The molecule has 0 spiro atoms. The minimum atomic E-state index is -0.307. The Morgan fingerprint density at radius 2 is 2.25 bits per heavy atom. The Kier molecular flexibility index (Phi) is 4.89. The fraction of sp³-hybridized carbons (Fsp3) is 0.533. The molecule has 5 heteroatoms. The van der Waals surface area contributed by atoms with Gasteiger partial charge in [-0.3, -0.25) is 4.79 Å². The monoisotopic (exact) mass is 297 g/mol. The number of halogens is 1. The summed E-state index contributed by atoms with van der Waals surface area (Å²) in [4.78, 5) is 14.1. The molecule has 0 aliphatic heterocycles. The van der Waals surface area contributed by atoms with Crippen LogP contribution in [0.5, 0.6) is 5.75 Å². The lowest BCUT2D eigenvalue weighted by atomic mass is 10.0. The second-order valence-electron chi connectivity index (χ2n) is 5.26. The van der Waals surface area contributed by atoms with Crippen LogP contribution in [0.15, 0.2) is 18.2 Å². The summed E-state index contributed by atoms with van der Waals surface area (Å²) in [6.45, 7) is 0.536. The first-order valence-corrected chi connectivity index (χ1v) is 7.18. The predicted octanol–water partition coefficient (Wildman–Crippen LogP) is 2.58. The highest BCUT2D eigenvalue weighted by molar-refractivity contribution is 6.34. The molecule has 1 amide bonds. The van der Waals surface area contributed by atoms with Crippen LogP contribution in [0.1, 0.15) is 29.6 Å². The zero-order valence-corrected chi connectivity index (χ0v) is 12.6. The predicted molar refractivity (Wildman–Crippen MR) is 78.3 cm³/mol. The number of nitrogens with zero attached hydrogens (tertiary/aromatic N) is 1. The number of carbonyl (C=O) groups excluding carboxylic acids is 1. The Hall–Kier alpha value is -1.26. The number of aliphatic hydroxyl groups is 1. The van der Waals surface area contributed by atoms with Crippen LogP contribution < -0.4 is 4.74 Å². The maximum atomic E-state index is 12.5. The second kappa shape index (κ2) is 6.46. The molecule has 1 aromatic carbocycles. The first-order chi connectivity index (χ1) is 9.54. The number of aliphatic hydroxyl groups excluding tert-OH is 1. The Balaban J connectivity index is 2.14. The molecule has 1 aliphatic rings. The van der Waals surface area contributed by atoms with Crippen molar-refractivity contribution in [3.8, 4) is 5.75 Å². The van der Waals surface area contributed by atoms with Gasteiger partial charge in [0.1, 0.15) is 11.3 Å². The molecular formula is C15H20ClNO3. The fourth-order valence-electron chi connectivity index (χ4n) is 2.74. The SMILES string of the molecule is COc1cccc(Cl)c1C(=O)N(C)CC1CCCC1O. The van der Waals surface area contributed by atoms with E-state index in [2.05, 4.69) is 0 Å². The van der Waals surface area contributed by atoms with E-state index in [0.717, 1.165) is 19.3 Å². The van der Waals surface area contributed by atoms with E-state index < -0.39 is 0 Å². The average molecular weight is 298 g/mol. The average Bonchev–Trinajstić information content (AvgIpc) is 2.83. The highest BCUT2D eigenvalue weighted by atomic mass is 35.5. The van der Waals surface area contributed by atoms with Crippen molar-refractivity contribution in [1.29, 1.82) is 0 Å². The highest BCUT2D eigenvalue weighted by Crippen LogP contribution is 2.30. The van der Waals surface area contributed by atoms with Crippen LogP contribution in [0.3, 0.4) is 0 Å². The van der Waals surface area contributed by atoms with E-state index in [1.165, 1.54) is 7.11 Å². The van der Waals surface area contributed by atoms with Crippen LogP contribution in [-0.4, -0.2) is 42.7 Å². The van der Waals surface area contributed by atoms with E-state index in [0.29, 0.717) is 22.9 Å². The van der Waals surface area contributed by atoms with Gasteiger partial charge in [-0.2, -0.15) is 0 Å². The van der Waals surface area contributed by atoms with Gasteiger partial charge in [0.05, 0.1) is 18.2 Å².